The first kappa shape index (κ1) is 13.7. The smallest absolute Gasteiger partial charge is 0.264 e. The zero-order valence-electron chi connectivity index (χ0n) is 11.3. The van der Waals surface area contributed by atoms with E-state index in [1.807, 2.05) is 24.3 Å². The molecule has 1 aromatic rings. The van der Waals surface area contributed by atoms with Crippen LogP contribution in [-0.4, -0.2) is 8.32 Å². The molecule has 0 unspecified atom stereocenters. The van der Waals surface area contributed by atoms with Gasteiger partial charge in [0.15, 0.2) is 0 Å². The molecule has 1 aromatic carbocycles. The number of benzene rings is 1. The molecule has 0 spiro atoms. The van der Waals surface area contributed by atoms with E-state index in [0.29, 0.717) is 0 Å². The third-order valence-corrected chi connectivity index (χ3v) is 7.44. The molecular weight excluding hydrogens is 226 g/mol. The highest BCUT2D eigenvalue weighted by molar-refractivity contribution is 6.74. The van der Waals surface area contributed by atoms with E-state index in [1.54, 1.807) is 0 Å². The quantitative estimate of drug-likeness (QED) is 0.467. The first-order valence-electron chi connectivity index (χ1n) is 5.77. The maximum Gasteiger partial charge on any atom is 0.264 e. The summed E-state index contributed by atoms with van der Waals surface area (Å²) in [5, 5.41) is 0.183. The van der Waals surface area contributed by atoms with Gasteiger partial charge in [0.1, 0.15) is 6.11 Å². The van der Waals surface area contributed by atoms with Crippen molar-refractivity contribution in [2.45, 2.75) is 38.9 Å². The molecule has 0 saturated carbocycles. The van der Waals surface area contributed by atoms with Crippen LogP contribution in [0.1, 0.15) is 26.3 Å². The lowest BCUT2D eigenvalue weighted by Crippen LogP contribution is -2.39. The minimum Gasteiger partial charge on any atom is -0.500 e. The third-order valence-electron chi connectivity index (χ3n) is 3.22. The third kappa shape index (κ3) is 3.83. The highest BCUT2D eigenvalue weighted by Crippen LogP contribution is 2.36. The predicted molar refractivity (Wildman–Crippen MR) is 76.0 cm³/mol. The highest BCUT2D eigenvalue weighted by Gasteiger charge is 2.38. The van der Waals surface area contributed by atoms with Crippen molar-refractivity contribution in [3.05, 3.63) is 29.8 Å². The molecule has 0 heterocycles. The number of anilines is 1. The molecule has 2 N–H and O–H groups in total. The molecule has 0 fully saturated rings. The maximum atomic E-state index is 5.77. The Kier molecular flexibility index (Phi) is 3.89. The molecule has 0 radical (unpaired) electrons. The Labute approximate surface area is 105 Å². The Balaban J connectivity index is 2.72. The number of nitrogens with two attached hydrogens (primary N) is 1. The van der Waals surface area contributed by atoms with Gasteiger partial charge in [-0.15, -0.1) is 0 Å². The monoisotopic (exact) mass is 247 g/mol. The van der Waals surface area contributed by atoms with Crippen LogP contribution in [0.3, 0.4) is 0 Å². The van der Waals surface area contributed by atoms with Gasteiger partial charge in [-0.25, -0.2) is 0 Å². The van der Waals surface area contributed by atoms with Crippen LogP contribution in [0.5, 0.6) is 0 Å². The van der Waals surface area contributed by atoms with Crippen molar-refractivity contribution in [1.82, 2.24) is 0 Å². The summed E-state index contributed by atoms with van der Waals surface area (Å²) in [5.41, 5.74) is 7.29. The molecule has 0 aliphatic carbocycles. The molecule has 0 atom stereocenters. The van der Waals surface area contributed by atoms with Crippen LogP contribution < -0.4 is 5.73 Å². The SMILES string of the molecule is CC(C)(C)[Si](C)(C)OC#Cc1ccc(N)cc1. The lowest BCUT2D eigenvalue weighted by Gasteiger charge is -2.33. The van der Waals surface area contributed by atoms with Gasteiger partial charge in [-0.05, 0) is 48.3 Å². The first-order chi connectivity index (χ1) is 7.72. The van der Waals surface area contributed by atoms with E-state index in [9.17, 15) is 0 Å². The summed E-state index contributed by atoms with van der Waals surface area (Å²) in [5.74, 6) is 3.01. The standard InChI is InChI=1S/C14H21NOSi/c1-14(2,3)17(4,5)16-11-10-12-6-8-13(15)9-7-12/h6-9H,15H2,1-5H3. The van der Waals surface area contributed by atoms with Crippen LogP contribution in [0.4, 0.5) is 5.69 Å². The second kappa shape index (κ2) is 4.85. The minimum absolute atomic E-state index is 0.183. The Bertz CT molecular complexity index is 432. The summed E-state index contributed by atoms with van der Waals surface area (Å²) < 4.78 is 5.77. The molecular formula is C14H21NOSi. The van der Waals surface area contributed by atoms with Crippen LogP contribution in [0.2, 0.25) is 18.1 Å². The van der Waals surface area contributed by atoms with Crippen molar-refractivity contribution in [3.8, 4) is 12.0 Å². The van der Waals surface area contributed by atoms with Crippen molar-refractivity contribution in [1.29, 1.82) is 0 Å². The maximum absolute atomic E-state index is 5.77. The number of hydrogen-bond donors (Lipinski definition) is 1. The van der Waals surface area contributed by atoms with Gasteiger partial charge in [-0.2, -0.15) is 0 Å². The van der Waals surface area contributed by atoms with Crippen molar-refractivity contribution >= 4 is 14.0 Å². The number of hydrogen-bond acceptors (Lipinski definition) is 2. The van der Waals surface area contributed by atoms with Crippen molar-refractivity contribution in [2.75, 3.05) is 5.73 Å². The second-order valence-electron chi connectivity index (χ2n) is 5.71. The van der Waals surface area contributed by atoms with E-state index in [2.05, 4.69) is 45.9 Å². The lowest BCUT2D eigenvalue weighted by molar-refractivity contribution is 0.461. The Morgan fingerprint density at radius 2 is 1.65 bits per heavy atom. The van der Waals surface area contributed by atoms with E-state index >= 15 is 0 Å². The average molecular weight is 247 g/mol. The molecule has 2 nitrogen and oxygen atoms in total. The zero-order valence-corrected chi connectivity index (χ0v) is 12.3. The first-order valence-corrected chi connectivity index (χ1v) is 8.68. The van der Waals surface area contributed by atoms with Crippen molar-refractivity contribution in [3.63, 3.8) is 0 Å². The summed E-state index contributed by atoms with van der Waals surface area (Å²) in [6, 6.07) is 7.49. The fourth-order valence-corrected chi connectivity index (χ4v) is 1.54. The molecule has 1 rings (SSSR count). The molecule has 92 valence electrons. The van der Waals surface area contributed by atoms with Gasteiger partial charge < -0.3 is 10.2 Å². The van der Waals surface area contributed by atoms with E-state index in [4.69, 9.17) is 10.2 Å². The molecule has 0 amide bonds. The second-order valence-corrected chi connectivity index (χ2v) is 10.4. The summed E-state index contributed by atoms with van der Waals surface area (Å²) in [6.07, 6.45) is 2.84. The number of nitrogen functional groups attached to an aromatic ring is 1. The van der Waals surface area contributed by atoms with Crippen molar-refractivity contribution in [2.24, 2.45) is 0 Å². The van der Waals surface area contributed by atoms with Crippen LogP contribution in [-0.2, 0) is 4.43 Å². The molecule has 0 aromatic heterocycles. The molecule has 0 saturated heterocycles. The summed E-state index contributed by atoms with van der Waals surface area (Å²) in [7, 11) is -1.77. The van der Waals surface area contributed by atoms with E-state index < -0.39 is 8.32 Å². The molecule has 0 aliphatic heterocycles. The van der Waals surface area contributed by atoms with Gasteiger partial charge in [-0.3, -0.25) is 0 Å². The van der Waals surface area contributed by atoms with Crippen molar-refractivity contribution < 1.29 is 4.43 Å². The Morgan fingerprint density at radius 1 is 1.12 bits per heavy atom. The fraction of sp³-hybridized carbons (Fsp3) is 0.429. The van der Waals surface area contributed by atoms with Gasteiger partial charge in [0, 0.05) is 11.3 Å². The van der Waals surface area contributed by atoms with E-state index in [1.165, 1.54) is 0 Å². The average Bonchev–Trinajstić information content (AvgIpc) is 2.19. The topological polar surface area (TPSA) is 35.2 Å². The van der Waals surface area contributed by atoms with Gasteiger partial charge in [-0.1, -0.05) is 20.8 Å². The van der Waals surface area contributed by atoms with Gasteiger partial charge >= 0.3 is 0 Å². The van der Waals surface area contributed by atoms with Gasteiger partial charge in [0.05, 0.1) is 0 Å². The van der Waals surface area contributed by atoms with Crippen LogP contribution in [0, 0.1) is 12.0 Å². The van der Waals surface area contributed by atoms with Crippen LogP contribution in [0.15, 0.2) is 24.3 Å². The largest absolute Gasteiger partial charge is 0.500 e. The van der Waals surface area contributed by atoms with Gasteiger partial charge in [0.25, 0.3) is 8.32 Å². The normalized spacial score (nSPS) is 11.6. The Hall–Kier alpha value is -1.40. The van der Waals surface area contributed by atoms with E-state index in [0.717, 1.165) is 11.3 Å². The molecule has 0 bridgehead atoms. The Morgan fingerprint density at radius 3 is 2.12 bits per heavy atom. The summed E-state index contributed by atoms with van der Waals surface area (Å²) in [4.78, 5) is 0. The summed E-state index contributed by atoms with van der Waals surface area (Å²) in [6.45, 7) is 11.0. The minimum atomic E-state index is -1.77. The fourth-order valence-electron chi connectivity index (χ4n) is 0.932. The molecule has 3 heteroatoms. The highest BCUT2D eigenvalue weighted by atomic mass is 28.4. The summed E-state index contributed by atoms with van der Waals surface area (Å²) >= 11 is 0. The van der Waals surface area contributed by atoms with E-state index in [-0.39, 0.29) is 5.04 Å². The van der Waals surface area contributed by atoms with Crippen LogP contribution in [0.25, 0.3) is 0 Å². The van der Waals surface area contributed by atoms with Gasteiger partial charge in [0.2, 0.25) is 0 Å². The predicted octanol–water partition coefficient (Wildman–Crippen LogP) is 3.60. The molecule has 17 heavy (non-hydrogen) atoms. The zero-order chi connectivity index (χ0) is 13.1. The molecule has 0 aliphatic rings. The number of rotatable bonds is 1. The van der Waals surface area contributed by atoms with Crippen LogP contribution >= 0.6 is 0 Å². The lowest BCUT2D eigenvalue weighted by atomic mass is 10.2.